The summed E-state index contributed by atoms with van der Waals surface area (Å²) in [6.07, 6.45) is 2.73. The van der Waals surface area contributed by atoms with Gasteiger partial charge in [-0.3, -0.25) is 4.90 Å². The number of carbonyl (C=O) groups is 1. The number of piperidine rings is 1. The Morgan fingerprint density at radius 3 is 2.70 bits per heavy atom. The number of halogens is 4. The van der Waals surface area contributed by atoms with Gasteiger partial charge in [0.15, 0.2) is 11.6 Å². The highest BCUT2D eigenvalue weighted by Crippen LogP contribution is 2.47. The fourth-order valence-electron chi connectivity index (χ4n) is 9.38. The molecule has 1 spiro atoms. The molecule has 4 aliphatic rings. The number of nitriles is 1. The number of hydrogen-bond acceptors (Lipinski definition) is 11. The Balaban J connectivity index is 1.10. The molecule has 2 aromatic carbocycles. The van der Waals surface area contributed by atoms with Crippen LogP contribution in [0.25, 0.3) is 32.1 Å². The van der Waals surface area contributed by atoms with Crippen molar-refractivity contribution in [1.29, 1.82) is 5.26 Å². The van der Waals surface area contributed by atoms with Crippen molar-refractivity contribution >= 4 is 60.8 Å². The highest BCUT2D eigenvalue weighted by Gasteiger charge is 2.50. The van der Waals surface area contributed by atoms with Gasteiger partial charge in [0, 0.05) is 66.8 Å². The summed E-state index contributed by atoms with van der Waals surface area (Å²) in [5.74, 6) is 0.283. The molecule has 7 heterocycles. The summed E-state index contributed by atoms with van der Waals surface area (Å²) in [7, 11) is 0. The highest BCUT2D eigenvalue weighted by atomic mass is 35.5. The fraction of sp³-hybridized carbons (Fsp3) is 0.487. The topological polar surface area (TPSA) is 142 Å². The zero-order valence-electron chi connectivity index (χ0n) is 31.2. The average Bonchev–Trinajstić information content (AvgIpc) is 3.91. The SMILES string of the molecule is Cc1nc(C(C)C)nn1C(=O)N1CC2(CCCN(c3nc(OC[C@@]45CCCN4C[C@H](F)C5)nc4c(F)c(-c5ccc(F)c6sc(N)c(C#N)c56)c(Cl)cc34)C2)C1. The number of nitrogens with zero attached hydrogens (tertiary/aromatic N) is 9. The molecule has 292 valence electrons. The zero-order chi connectivity index (χ0) is 39.3. The summed E-state index contributed by atoms with van der Waals surface area (Å²) in [5.41, 5.74) is 5.49. The number of aromatic nitrogens is 5. The Morgan fingerprint density at radius 2 is 1.95 bits per heavy atom. The molecule has 0 unspecified atom stereocenters. The smallest absolute Gasteiger partial charge is 0.346 e. The van der Waals surface area contributed by atoms with Gasteiger partial charge in [-0.25, -0.2) is 22.9 Å². The fourth-order valence-corrected chi connectivity index (χ4v) is 10.6. The first kappa shape index (κ1) is 36.9. The molecule has 4 aliphatic heterocycles. The van der Waals surface area contributed by atoms with Gasteiger partial charge in [0.25, 0.3) is 0 Å². The van der Waals surface area contributed by atoms with E-state index in [1.165, 1.54) is 16.8 Å². The van der Waals surface area contributed by atoms with Crippen LogP contribution in [-0.2, 0) is 0 Å². The van der Waals surface area contributed by atoms with E-state index in [0.29, 0.717) is 62.0 Å². The monoisotopic (exact) mass is 804 g/mol. The third kappa shape index (κ3) is 5.84. The number of rotatable bonds is 6. The van der Waals surface area contributed by atoms with Gasteiger partial charge >= 0.3 is 12.0 Å². The van der Waals surface area contributed by atoms with E-state index in [1.807, 2.05) is 19.9 Å². The van der Waals surface area contributed by atoms with E-state index in [1.54, 1.807) is 17.9 Å². The number of anilines is 2. The van der Waals surface area contributed by atoms with Gasteiger partial charge in [0.1, 0.15) is 46.8 Å². The molecule has 0 aliphatic carbocycles. The molecule has 9 rings (SSSR count). The van der Waals surface area contributed by atoms with Crippen LogP contribution >= 0.6 is 22.9 Å². The Bertz CT molecular complexity index is 2480. The molecule has 2 atom stereocenters. The second-order valence-corrected chi connectivity index (χ2v) is 17.6. The van der Waals surface area contributed by atoms with Crippen LogP contribution in [0.3, 0.4) is 0 Å². The summed E-state index contributed by atoms with van der Waals surface area (Å²) in [4.78, 5) is 33.5. The number of hydrogen-bond donors (Lipinski definition) is 1. The molecule has 1 amide bonds. The maximum atomic E-state index is 17.3. The van der Waals surface area contributed by atoms with E-state index < -0.39 is 23.3 Å². The van der Waals surface area contributed by atoms with Gasteiger partial charge in [0.05, 0.1) is 20.8 Å². The summed E-state index contributed by atoms with van der Waals surface area (Å²) in [5, 5.41) is 15.1. The number of aryl methyl sites for hydroxylation is 1. The number of amides is 1. The number of ether oxygens (including phenoxy) is 1. The highest BCUT2D eigenvalue weighted by molar-refractivity contribution is 7.23. The largest absolute Gasteiger partial charge is 0.461 e. The van der Waals surface area contributed by atoms with Crippen LogP contribution in [0.1, 0.15) is 69.1 Å². The first-order valence-corrected chi connectivity index (χ1v) is 20.1. The molecule has 3 aromatic heterocycles. The summed E-state index contributed by atoms with van der Waals surface area (Å²) in [6, 6.07) is 5.96. The second kappa shape index (κ2) is 13.5. The van der Waals surface area contributed by atoms with Crippen LogP contribution in [0.2, 0.25) is 5.02 Å². The normalized spacial score (nSPS) is 22.0. The Morgan fingerprint density at radius 1 is 1.16 bits per heavy atom. The summed E-state index contributed by atoms with van der Waals surface area (Å²) < 4.78 is 54.8. The first-order chi connectivity index (χ1) is 26.8. The predicted molar refractivity (Wildman–Crippen MR) is 208 cm³/mol. The first-order valence-electron chi connectivity index (χ1n) is 18.9. The maximum absolute atomic E-state index is 17.3. The van der Waals surface area contributed by atoms with Crippen LogP contribution in [0.15, 0.2) is 18.2 Å². The van der Waals surface area contributed by atoms with Crippen molar-refractivity contribution in [3.8, 4) is 23.2 Å². The molecule has 5 aromatic rings. The molecule has 17 heteroatoms. The van der Waals surface area contributed by atoms with Crippen molar-refractivity contribution in [3.63, 3.8) is 0 Å². The number of carbonyl (C=O) groups excluding carboxylic acids is 1. The van der Waals surface area contributed by atoms with Crippen LogP contribution in [-0.4, -0.2) is 98.1 Å². The standard InChI is InChI=1S/C39H40ClF3N10O2S/c1-20(2)34-46-21(3)53(49-34)37(54)51-17-38(18-51)8-4-10-50(16-38)35-24-12-26(40)29(23-6-7-27(42)32-28(23)25(14-44)33(45)56-32)30(43)31(24)47-36(48-35)55-19-39-9-5-11-52(39)15-22(41)13-39/h6-7,12,20,22H,4-5,8-11,13,15-19,45H2,1-3H3/t22-,39+/m1/s1. The van der Waals surface area contributed by atoms with E-state index >= 15 is 8.78 Å². The molecular weight excluding hydrogens is 765 g/mol. The zero-order valence-corrected chi connectivity index (χ0v) is 32.8. The van der Waals surface area contributed by atoms with E-state index in [-0.39, 0.29) is 72.3 Å². The lowest BCUT2D eigenvalue weighted by Gasteiger charge is -2.54. The second-order valence-electron chi connectivity index (χ2n) is 16.1. The van der Waals surface area contributed by atoms with Crippen molar-refractivity contribution in [2.75, 3.05) is 56.5 Å². The lowest BCUT2D eigenvalue weighted by atomic mass is 9.73. The molecule has 0 radical (unpaired) electrons. The average molecular weight is 805 g/mol. The van der Waals surface area contributed by atoms with Gasteiger partial charge in [-0.05, 0) is 56.8 Å². The van der Waals surface area contributed by atoms with E-state index in [2.05, 4.69) is 24.9 Å². The van der Waals surface area contributed by atoms with E-state index in [0.717, 1.165) is 43.6 Å². The molecule has 2 N–H and O–H groups in total. The van der Waals surface area contributed by atoms with Crippen molar-refractivity contribution in [3.05, 3.63) is 52.1 Å². The van der Waals surface area contributed by atoms with Gasteiger partial charge in [-0.15, -0.1) is 16.4 Å². The Kier molecular flexibility index (Phi) is 8.86. The van der Waals surface area contributed by atoms with Gasteiger partial charge in [0.2, 0.25) is 0 Å². The van der Waals surface area contributed by atoms with Gasteiger partial charge in [-0.2, -0.15) is 19.9 Å². The predicted octanol–water partition coefficient (Wildman–Crippen LogP) is 7.45. The number of alkyl halides is 1. The van der Waals surface area contributed by atoms with Gasteiger partial charge < -0.3 is 20.3 Å². The van der Waals surface area contributed by atoms with Crippen LogP contribution in [0.5, 0.6) is 6.01 Å². The van der Waals surface area contributed by atoms with Crippen LogP contribution in [0, 0.1) is 35.3 Å². The van der Waals surface area contributed by atoms with Crippen LogP contribution < -0.4 is 15.4 Å². The lowest BCUT2D eigenvalue weighted by Crippen LogP contribution is -2.65. The maximum Gasteiger partial charge on any atom is 0.346 e. The molecule has 0 bridgehead atoms. The number of benzene rings is 2. The Labute approximate surface area is 330 Å². The summed E-state index contributed by atoms with van der Waals surface area (Å²) in [6.45, 7) is 9.12. The van der Waals surface area contributed by atoms with Crippen molar-refractivity contribution in [1.82, 2.24) is 34.5 Å². The number of thiophene rings is 1. The third-order valence-electron chi connectivity index (χ3n) is 12.0. The number of likely N-dealkylation sites (tertiary alicyclic amines) is 1. The van der Waals surface area contributed by atoms with Crippen molar-refractivity contribution < 1.29 is 22.7 Å². The molecule has 4 saturated heterocycles. The van der Waals surface area contributed by atoms with Crippen molar-refractivity contribution in [2.45, 2.75) is 70.5 Å². The summed E-state index contributed by atoms with van der Waals surface area (Å²) >= 11 is 7.86. The number of nitrogens with two attached hydrogens (primary N) is 1. The molecule has 4 fully saturated rings. The molecule has 12 nitrogen and oxygen atoms in total. The van der Waals surface area contributed by atoms with Gasteiger partial charge in [-0.1, -0.05) is 31.5 Å². The molecule has 0 saturated carbocycles. The quantitative estimate of drug-likeness (QED) is 0.184. The van der Waals surface area contributed by atoms with E-state index in [9.17, 15) is 14.4 Å². The van der Waals surface area contributed by atoms with E-state index in [4.69, 9.17) is 27.1 Å². The third-order valence-corrected chi connectivity index (χ3v) is 13.4. The molecular formula is C39H40ClF3N10O2S. The lowest BCUT2D eigenvalue weighted by molar-refractivity contribution is 0.0187. The number of nitrogen functional groups attached to an aromatic ring is 1. The Hall–Kier alpha value is -4.72. The minimum Gasteiger partial charge on any atom is -0.461 e. The minimum atomic E-state index is -0.963. The van der Waals surface area contributed by atoms with Crippen LogP contribution in [0.4, 0.5) is 28.8 Å². The minimum absolute atomic E-state index is 0.0200. The van der Waals surface area contributed by atoms with Crippen molar-refractivity contribution in [2.24, 2.45) is 5.41 Å². The number of fused-ring (bicyclic) bond motifs is 3. The molecule has 56 heavy (non-hydrogen) atoms.